The summed E-state index contributed by atoms with van der Waals surface area (Å²) in [6, 6.07) is 18.5. The number of hydrogen-bond donors (Lipinski definition) is 2. The molecule has 0 bridgehead atoms. The Kier molecular flexibility index (Phi) is 5.16. The Morgan fingerprint density at radius 3 is 2.07 bits per heavy atom. The molecule has 2 N–H and O–H groups in total. The van der Waals surface area contributed by atoms with Crippen molar-refractivity contribution in [2.75, 3.05) is 16.8 Å². The maximum absolute atomic E-state index is 13.3. The normalized spacial score (nSPS) is 18.4. The molecule has 0 aromatic heterocycles. The average molecular weight is 394 g/mol. The van der Waals surface area contributed by atoms with Crippen LogP contribution in [0.25, 0.3) is 0 Å². The van der Waals surface area contributed by atoms with E-state index in [-0.39, 0.29) is 35.3 Å². The van der Waals surface area contributed by atoms with Crippen LogP contribution in [-0.4, -0.2) is 17.6 Å². The number of aromatic hydroxyl groups is 1. The highest BCUT2D eigenvalue weighted by Gasteiger charge is 2.48. The van der Waals surface area contributed by atoms with E-state index in [1.807, 2.05) is 0 Å². The van der Waals surface area contributed by atoms with Crippen molar-refractivity contribution in [2.45, 2.75) is 12.5 Å². The Bertz CT molecular complexity index is 989. The third-order valence-electron chi connectivity index (χ3n) is 5.18. The maximum atomic E-state index is 13.3. The van der Waals surface area contributed by atoms with Crippen molar-refractivity contribution < 1.29 is 18.7 Å². The zero-order valence-electron chi connectivity index (χ0n) is 15.6. The first kappa shape index (κ1) is 18.9. The van der Waals surface area contributed by atoms with Crippen molar-refractivity contribution in [2.24, 2.45) is 5.92 Å². The van der Waals surface area contributed by atoms with Gasteiger partial charge in [0.25, 0.3) is 0 Å². The SMILES string of the molecule is O=C1C(CCNc2ccc(F)cc2)C(c2ccc(O)cc2)N1c1ccc(F)cc1. The molecule has 1 saturated heterocycles. The first-order valence-corrected chi connectivity index (χ1v) is 9.40. The van der Waals surface area contributed by atoms with E-state index >= 15 is 0 Å². The molecule has 1 aliphatic heterocycles. The van der Waals surface area contributed by atoms with Crippen LogP contribution in [0.15, 0.2) is 72.8 Å². The lowest BCUT2D eigenvalue weighted by molar-refractivity contribution is -0.130. The first-order valence-electron chi connectivity index (χ1n) is 9.40. The number of phenolic OH excluding ortho intramolecular Hbond substituents is 1. The first-order chi connectivity index (χ1) is 14.0. The van der Waals surface area contributed by atoms with Gasteiger partial charge in [0.05, 0.1) is 12.0 Å². The van der Waals surface area contributed by atoms with Gasteiger partial charge in [0, 0.05) is 17.9 Å². The van der Waals surface area contributed by atoms with Crippen LogP contribution in [0.1, 0.15) is 18.0 Å². The second-order valence-corrected chi connectivity index (χ2v) is 7.05. The lowest BCUT2D eigenvalue weighted by Crippen LogP contribution is -2.55. The summed E-state index contributed by atoms with van der Waals surface area (Å²) in [5.41, 5.74) is 2.32. The minimum absolute atomic E-state index is 0.0319. The molecular formula is C23H20F2N2O2. The molecular weight excluding hydrogens is 374 g/mol. The molecule has 1 amide bonds. The van der Waals surface area contributed by atoms with Crippen LogP contribution in [0.4, 0.5) is 20.2 Å². The third-order valence-corrected chi connectivity index (χ3v) is 5.18. The molecule has 1 aliphatic rings. The molecule has 148 valence electrons. The minimum atomic E-state index is -0.358. The van der Waals surface area contributed by atoms with Crippen LogP contribution < -0.4 is 10.2 Å². The van der Waals surface area contributed by atoms with Gasteiger partial charge >= 0.3 is 0 Å². The minimum Gasteiger partial charge on any atom is -0.508 e. The summed E-state index contributed by atoms with van der Waals surface area (Å²) >= 11 is 0. The molecule has 0 aliphatic carbocycles. The number of halogens is 2. The van der Waals surface area contributed by atoms with E-state index < -0.39 is 0 Å². The zero-order valence-corrected chi connectivity index (χ0v) is 15.6. The van der Waals surface area contributed by atoms with Gasteiger partial charge in [0.15, 0.2) is 0 Å². The fourth-order valence-corrected chi connectivity index (χ4v) is 3.71. The molecule has 4 nitrogen and oxygen atoms in total. The Morgan fingerprint density at radius 1 is 0.862 bits per heavy atom. The van der Waals surface area contributed by atoms with Gasteiger partial charge in [-0.1, -0.05) is 12.1 Å². The number of rotatable bonds is 6. The number of anilines is 2. The fourth-order valence-electron chi connectivity index (χ4n) is 3.71. The second kappa shape index (κ2) is 7.91. The van der Waals surface area contributed by atoms with Gasteiger partial charge in [0.2, 0.25) is 5.91 Å². The number of nitrogens with one attached hydrogen (secondary N) is 1. The van der Waals surface area contributed by atoms with Crippen molar-refractivity contribution >= 4 is 17.3 Å². The van der Waals surface area contributed by atoms with E-state index in [1.165, 1.54) is 24.3 Å². The van der Waals surface area contributed by atoms with E-state index in [0.717, 1.165) is 11.3 Å². The molecule has 2 atom stereocenters. The van der Waals surface area contributed by atoms with Gasteiger partial charge in [-0.15, -0.1) is 0 Å². The zero-order chi connectivity index (χ0) is 20.4. The van der Waals surface area contributed by atoms with Crippen molar-refractivity contribution in [3.05, 3.63) is 90.0 Å². The summed E-state index contributed by atoms with van der Waals surface area (Å²) in [5.74, 6) is -0.787. The lowest BCUT2D eigenvalue weighted by Gasteiger charge is -2.47. The van der Waals surface area contributed by atoms with Crippen LogP contribution in [-0.2, 0) is 4.79 Å². The van der Waals surface area contributed by atoms with E-state index in [1.54, 1.807) is 53.4 Å². The summed E-state index contributed by atoms with van der Waals surface area (Å²) in [4.78, 5) is 14.6. The topological polar surface area (TPSA) is 52.6 Å². The number of nitrogens with zero attached hydrogens (tertiary/aromatic N) is 1. The molecule has 3 aromatic rings. The second-order valence-electron chi connectivity index (χ2n) is 7.05. The molecule has 4 rings (SSSR count). The molecule has 1 fully saturated rings. The monoisotopic (exact) mass is 394 g/mol. The van der Waals surface area contributed by atoms with Crippen LogP contribution in [0.5, 0.6) is 5.75 Å². The molecule has 0 spiro atoms. The van der Waals surface area contributed by atoms with Gasteiger partial charge in [-0.3, -0.25) is 4.79 Å². The Morgan fingerprint density at radius 2 is 1.45 bits per heavy atom. The smallest absolute Gasteiger partial charge is 0.233 e. The summed E-state index contributed by atoms with van der Waals surface area (Å²) in [7, 11) is 0. The van der Waals surface area contributed by atoms with Crippen molar-refractivity contribution in [3.8, 4) is 5.75 Å². The number of carbonyl (C=O) groups excluding carboxylic acids is 1. The standard InChI is InChI=1S/C23H20F2N2O2/c24-16-3-7-18(8-4-16)26-14-13-21-22(15-1-11-20(28)12-2-15)27(23(21)29)19-9-5-17(25)6-10-19/h1-12,21-22,26,28H,13-14H2. The number of hydrogen-bond acceptors (Lipinski definition) is 3. The molecule has 0 saturated carbocycles. The van der Waals surface area contributed by atoms with Crippen LogP contribution in [0.3, 0.4) is 0 Å². The Balaban J connectivity index is 1.52. The molecule has 0 radical (unpaired) electrons. The number of phenols is 1. The third kappa shape index (κ3) is 3.92. The van der Waals surface area contributed by atoms with Gasteiger partial charge in [0.1, 0.15) is 17.4 Å². The highest BCUT2D eigenvalue weighted by atomic mass is 19.1. The molecule has 6 heteroatoms. The molecule has 3 aromatic carbocycles. The summed E-state index contributed by atoms with van der Waals surface area (Å²) < 4.78 is 26.3. The van der Waals surface area contributed by atoms with Crippen molar-refractivity contribution in [1.82, 2.24) is 0 Å². The van der Waals surface area contributed by atoms with E-state index in [2.05, 4.69) is 5.32 Å². The van der Waals surface area contributed by atoms with E-state index in [0.29, 0.717) is 18.7 Å². The van der Waals surface area contributed by atoms with E-state index in [9.17, 15) is 18.7 Å². The van der Waals surface area contributed by atoms with E-state index in [4.69, 9.17) is 0 Å². The summed E-state index contributed by atoms with van der Waals surface area (Å²) in [6.07, 6.45) is 0.583. The molecule has 1 heterocycles. The average Bonchev–Trinajstić information content (AvgIpc) is 2.72. The highest BCUT2D eigenvalue weighted by molar-refractivity contribution is 6.03. The van der Waals surface area contributed by atoms with Crippen molar-refractivity contribution in [3.63, 3.8) is 0 Å². The van der Waals surface area contributed by atoms with Crippen molar-refractivity contribution in [1.29, 1.82) is 0 Å². The predicted octanol–water partition coefficient (Wildman–Crippen LogP) is 4.88. The molecule has 29 heavy (non-hydrogen) atoms. The van der Waals surface area contributed by atoms with Crippen LogP contribution in [0, 0.1) is 17.6 Å². The predicted molar refractivity (Wildman–Crippen MR) is 108 cm³/mol. The van der Waals surface area contributed by atoms with Gasteiger partial charge in [-0.2, -0.15) is 0 Å². The summed E-state index contributed by atoms with van der Waals surface area (Å²) in [6.45, 7) is 0.549. The maximum Gasteiger partial charge on any atom is 0.233 e. The highest BCUT2D eigenvalue weighted by Crippen LogP contribution is 2.45. The summed E-state index contributed by atoms with van der Waals surface area (Å²) in [5, 5.41) is 12.8. The van der Waals surface area contributed by atoms with Gasteiger partial charge < -0.3 is 15.3 Å². The van der Waals surface area contributed by atoms with Crippen LogP contribution in [0.2, 0.25) is 0 Å². The quantitative estimate of drug-likeness (QED) is 0.586. The number of amides is 1. The fraction of sp³-hybridized carbons (Fsp3) is 0.174. The largest absolute Gasteiger partial charge is 0.508 e. The number of β-lactam (4-membered cyclic amide) rings is 1. The lowest BCUT2D eigenvalue weighted by atomic mass is 9.79. The number of carbonyl (C=O) groups is 1. The number of benzene rings is 3. The Hall–Kier alpha value is -3.41. The van der Waals surface area contributed by atoms with Gasteiger partial charge in [-0.05, 0) is 72.6 Å². The molecule has 2 unspecified atom stereocenters. The van der Waals surface area contributed by atoms with Crippen LogP contribution >= 0.6 is 0 Å². The van der Waals surface area contributed by atoms with Gasteiger partial charge in [-0.25, -0.2) is 8.78 Å². The Labute approximate surface area is 167 Å².